The van der Waals surface area contributed by atoms with Crippen molar-refractivity contribution in [3.8, 4) is 22.8 Å². The number of benzene rings is 2. The van der Waals surface area contributed by atoms with E-state index in [1.54, 1.807) is 17.4 Å². The summed E-state index contributed by atoms with van der Waals surface area (Å²) in [5.41, 5.74) is 3.31. The monoisotopic (exact) mass is 503 g/mol. The van der Waals surface area contributed by atoms with Crippen LogP contribution in [-0.2, 0) is 5.41 Å². The van der Waals surface area contributed by atoms with Crippen LogP contribution < -0.4 is 20.1 Å². The fraction of sp³-hybridized carbons (Fsp3) is 0.269. The third-order valence-electron chi connectivity index (χ3n) is 5.89. The zero-order chi connectivity index (χ0) is 24.9. The number of nitrogens with one attached hydrogen (secondary N) is 2. The van der Waals surface area contributed by atoms with Crippen molar-refractivity contribution in [2.24, 2.45) is 0 Å². The van der Waals surface area contributed by atoms with Gasteiger partial charge >= 0.3 is 6.03 Å². The number of anilines is 2. The molecule has 2 amide bonds. The predicted octanol–water partition coefficient (Wildman–Crippen LogP) is 6.31. The van der Waals surface area contributed by atoms with Crippen LogP contribution in [0.2, 0.25) is 0 Å². The number of hydrogen-bond donors (Lipinski definition) is 2. The van der Waals surface area contributed by atoms with Crippen molar-refractivity contribution >= 4 is 44.1 Å². The van der Waals surface area contributed by atoms with Crippen molar-refractivity contribution in [2.75, 3.05) is 23.8 Å². The maximum absolute atomic E-state index is 12.4. The molecule has 0 bridgehead atoms. The number of carbonyl (C=O) groups is 1. The number of amides is 2. The maximum atomic E-state index is 12.4. The summed E-state index contributed by atoms with van der Waals surface area (Å²) in [6.07, 6.45) is 2.89. The molecule has 36 heavy (non-hydrogen) atoms. The van der Waals surface area contributed by atoms with Crippen LogP contribution in [-0.4, -0.2) is 33.8 Å². The van der Waals surface area contributed by atoms with Crippen LogP contribution in [0.5, 0.6) is 11.5 Å². The number of rotatable bonds is 3. The molecule has 3 aromatic heterocycles. The van der Waals surface area contributed by atoms with Crippen molar-refractivity contribution in [2.45, 2.75) is 32.6 Å². The molecule has 1 aliphatic rings. The van der Waals surface area contributed by atoms with Gasteiger partial charge in [-0.05, 0) is 12.1 Å². The third kappa shape index (κ3) is 4.24. The Morgan fingerprint density at radius 3 is 2.50 bits per heavy atom. The van der Waals surface area contributed by atoms with Crippen molar-refractivity contribution < 1.29 is 18.8 Å². The molecule has 0 unspecified atom stereocenters. The van der Waals surface area contributed by atoms with E-state index in [4.69, 9.17) is 19.0 Å². The zero-order valence-corrected chi connectivity index (χ0v) is 20.9. The van der Waals surface area contributed by atoms with Crippen molar-refractivity contribution in [3.63, 3.8) is 0 Å². The first kappa shape index (κ1) is 22.4. The molecular weight excluding hydrogens is 478 g/mol. The zero-order valence-electron chi connectivity index (χ0n) is 20.1. The molecule has 0 atom stereocenters. The van der Waals surface area contributed by atoms with Crippen molar-refractivity contribution in [1.29, 1.82) is 0 Å². The van der Waals surface area contributed by atoms with Gasteiger partial charge in [-0.3, -0.25) is 9.72 Å². The molecule has 0 radical (unpaired) electrons. The predicted molar refractivity (Wildman–Crippen MR) is 139 cm³/mol. The lowest BCUT2D eigenvalue weighted by atomic mass is 9.93. The second kappa shape index (κ2) is 8.56. The number of imidazole rings is 1. The minimum Gasteiger partial charge on any atom is -0.490 e. The second-order valence-electron chi connectivity index (χ2n) is 9.68. The Morgan fingerprint density at radius 2 is 1.78 bits per heavy atom. The van der Waals surface area contributed by atoms with Gasteiger partial charge in [-0.25, -0.2) is 9.78 Å². The van der Waals surface area contributed by atoms with Crippen LogP contribution >= 0.6 is 11.3 Å². The summed E-state index contributed by atoms with van der Waals surface area (Å²) in [4.78, 5) is 18.1. The van der Waals surface area contributed by atoms with Gasteiger partial charge in [-0.2, -0.15) is 0 Å². The number of ether oxygens (including phenoxy) is 2. The van der Waals surface area contributed by atoms with Crippen LogP contribution in [0, 0.1) is 0 Å². The normalized spacial score (nSPS) is 13.6. The number of hydrogen-bond acceptors (Lipinski definition) is 7. The van der Waals surface area contributed by atoms with Crippen LogP contribution in [0.15, 0.2) is 53.2 Å². The van der Waals surface area contributed by atoms with Crippen LogP contribution in [0.3, 0.4) is 0 Å². The minimum atomic E-state index is -0.393. The smallest absolute Gasteiger partial charge is 0.324 e. The van der Waals surface area contributed by atoms with Crippen LogP contribution in [0.1, 0.15) is 33.0 Å². The summed E-state index contributed by atoms with van der Waals surface area (Å²) < 4.78 is 20.2. The first-order valence-corrected chi connectivity index (χ1v) is 12.5. The Labute approximate surface area is 211 Å². The lowest BCUT2D eigenvalue weighted by Crippen LogP contribution is -2.19. The van der Waals surface area contributed by atoms with Crippen LogP contribution in [0.25, 0.3) is 26.4 Å². The van der Waals surface area contributed by atoms with Gasteiger partial charge < -0.3 is 19.3 Å². The summed E-state index contributed by atoms with van der Waals surface area (Å²) in [5.74, 6) is 2.62. The SMILES string of the molecule is CC(C)(C)c1cc(NC(=O)Nc2ccc(-c3cn4c(n3)sc3cc5c(cc34)OCCCO5)cc2)no1. The van der Waals surface area contributed by atoms with E-state index in [1.807, 2.05) is 63.4 Å². The topological polar surface area (TPSA) is 103 Å². The molecule has 2 N–H and O–H groups in total. The molecule has 0 saturated carbocycles. The van der Waals surface area contributed by atoms with Gasteiger partial charge in [0.2, 0.25) is 0 Å². The average Bonchev–Trinajstić information content (AvgIpc) is 3.49. The molecule has 184 valence electrons. The quantitative estimate of drug-likeness (QED) is 0.299. The molecule has 2 aromatic carbocycles. The summed E-state index contributed by atoms with van der Waals surface area (Å²) in [6.45, 7) is 7.36. The van der Waals surface area contributed by atoms with Crippen LogP contribution in [0.4, 0.5) is 16.3 Å². The largest absolute Gasteiger partial charge is 0.490 e. The van der Waals surface area contributed by atoms with Gasteiger partial charge in [0.25, 0.3) is 0 Å². The average molecular weight is 504 g/mol. The highest BCUT2D eigenvalue weighted by Gasteiger charge is 2.20. The molecule has 4 heterocycles. The maximum Gasteiger partial charge on any atom is 0.324 e. The second-order valence-corrected chi connectivity index (χ2v) is 10.7. The summed E-state index contributed by atoms with van der Waals surface area (Å²) >= 11 is 1.61. The standard InChI is InChI=1S/C26H25N5O4S/c1-26(2,3)22-13-23(30-35-22)29-24(32)27-16-7-5-15(6-8-16)17-14-31-18-11-19-20(34-10-4-9-33-19)12-21(18)36-25(31)28-17/h5-8,11-14H,4,9-10H2,1-3H3,(H2,27,29,30,32). The fourth-order valence-corrected chi connectivity index (χ4v) is 5.00. The molecule has 0 saturated heterocycles. The molecule has 0 aliphatic carbocycles. The van der Waals surface area contributed by atoms with Gasteiger partial charge in [0.15, 0.2) is 22.3 Å². The van der Waals surface area contributed by atoms with E-state index < -0.39 is 6.03 Å². The highest BCUT2D eigenvalue weighted by Crippen LogP contribution is 2.38. The van der Waals surface area contributed by atoms with Crippen molar-refractivity contribution in [3.05, 3.63) is 54.4 Å². The molecule has 1 aliphatic heterocycles. The number of thiazole rings is 1. The van der Waals surface area contributed by atoms with E-state index in [2.05, 4.69) is 20.2 Å². The highest BCUT2D eigenvalue weighted by atomic mass is 32.1. The summed E-state index contributed by atoms with van der Waals surface area (Å²) in [6, 6.07) is 12.9. The first-order chi connectivity index (χ1) is 17.3. The van der Waals surface area contributed by atoms with E-state index in [0.29, 0.717) is 30.5 Å². The van der Waals surface area contributed by atoms with Gasteiger partial charge in [0, 0.05) is 47.5 Å². The van der Waals surface area contributed by atoms with Crippen molar-refractivity contribution in [1.82, 2.24) is 14.5 Å². The number of nitrogens with zero attached hydrogens (tertiary/aromatic N) is 3. The Kier molecular flexibility index (Phi) is 5.33. The highest BCUT2D eigenvalue weighted by molar-refractivity contribution is 7.23. The van der Waals surface area contributed by atoms with E-state index >= 15 is 0 Å². The summed E-state index contributed by atoms with van der Waals surface area (Å²) in [7, 11) is 0. The van der Waals surface area contributed by atoms with E-state index in [1.165, 1.54) is 0 Å². The Balaban J connectivity index is 1.18. The first-order valence-electron chi connectivity index (χ1n) is 11.7. The molecule has 6 rings (SSSR count). The summed E-state index contributed by atoms with van der Waals surface area (Å²) in [5, 5.41) is 9.43. The molecule has 5 aromatic rings. The van der Waals surface area contributed by atoms with Gasteiger partial charge in [0.1, 0.15) is 5.76 Å². The number of aromatic nitrogens is 3. The fourth-order valence-electron chi connectivity index (χ4n) is 3.99. The van der Waals surface area contributed by atoms with Gasteiger partial charge in [0.05, 0.1) is 29.1 Å². The molecular formula is C26H25N5O4S. The van der Waals surface area contributed by atoms with E-state index in [-0.39, 0.29) is 5.41 Å². The number of fused-ring (bicyclic) bond motifs is 4. The lowest BCUT2D eigenvalue weighted by Gasteiger charge is -2.12. The van der Waals surface area contributed by atoms with Gasteiger partial charge in [-0.15, -0.1) is 0 Å². The minimum absolute atomic E-state index is 0.186. The third-order valence-corrected chi connectivity index (χ3v) is 6.91. The molecule has 0 fully saturated rings. The van der Waals surface area contributed by atoms with E-state index in [9.17, 15) is 4.79 Å². The molecule has 9 nitrogen and oxygen atoms in total. The number of carbonyl (C=O) groups excluding carboxylic acids is 1. The Morgan fingerprint density at radius 1 is 1.03 bits per heavy atom. The van der Waals surface area contributed by atoms with E-state index in [0.717, 1.165) is 44.4 Å². The Hall–Kier alpha value is -4.05. The Bertz CT molecular complexity index is 1580. The van der Waals surface area contributed by atoms with Gasteiger partial charge in [-0.1, -0.05) is 49.4 Å². The molecule has 10 heteroatoms. The number of urea groups is 1. The molecule has 0 spiro atoms. The lowest BCUT2D eigenvalue weighted by molar-refractivity contribution is 0.262.